The molecule has 0 bridgehead atoms. The summed E-state index contributed by atoms with van der Waals surface area (Å²) in [5.74, 6) is 0.215. The van der Waals surface area contributed by atoms with Gasteiger partial charge in [0, 0.05) is 11.6 Å². The minimum absolute atomic E-state index is 0.00607. The molecule has 3 rings (SSSR count). The lowest BCUT2D eigenvalue weighted by Crippen LogP contribution is -2.50. The zero-order valence-corrected chi connectivity index (χ0v) is 12.5. The van der Waals surface area contributed by atoms with Crippen molar-refractivity contribution in [3.63, 3.8) is 0 Å². The molecule has 0 spiro atoms. The van der Waals surface area contributed by atoms with Crippen LogP contribution in [0, 0.1) is 5.92 Å². The number of hydrogen-bond donors (Lipinski definition) is 1. The molecule has 1 saturated carbocycles. The molecule has 1 fully saturated rings. The number of hydrogen-bond acceptors (Lipinski definition) is 1. The summed E-state index contributed by atoms with van der Waals surface area (Å²) in [6, 6.07) is 2.56. The number of aryl methyl sites for hydroxylation is 1. The predicted octanol–water partition coefficient (Wildman–Crippen LogP) is 4.74. The van der Waals surface area contributed by atoms with Gasteiger partial charge in [0.1, 0.15) is 0 Å². The molecule has 1 aromatic rings. The van der Waals surface area contributed by atoms with Gasteiger partial charge in [0.2, 0.25) is 0 Å². The summed E-state index contributed by atoms with van der Waals surface area (Å²) in [4.78, 5) is 0. The second kappa shape index (κ2) is 5.34. The molecule has 0 aromatic heterocycles. The Morgan fingerprint density at radius 2 is 1.50 bits per heavy atom. The summed E-state index contributed by atoms with van der Waals surface area (Å²) >= 11 is 0. The third-order valence-electron chi connectivity index (χ3n) is 5.35. The van der Waals surface area contributed by atoms with Crippen LogP contribution in [0.3, 0.4) is 0 Å². The molecule has 1 nitrogen and oxygen atoms in total. The van der Waals surface area contributed by atoms with Gasteiger partial charge in [-0.25, -0.2) is 4.39 Å². The van der Waals surface area contributed by atoms with E-state index >= 15 is 0 Å². The van der Waals surface area contributed by atoms with Gasteiger partial charge < -0.3 is 5.73 Å². The monoisotopic (exact) mass is 355 g/mol. The van der Waals surface area contributed by atoms with E-state index in [1.165, 1.54) is 6.07 Å². The first kappa shape index (κ1) is 17.5. The van der Waals surface area contributed by atoms with Crippen molar-refractivity contribution in [2.24, 2.45) is 11.7 Å². The van der Waals surface area contributed by atoms with Gasteiger partial charge in [0.25, 0.3) is 0 Å². The van der Waals surface area contributed by atoms with Gasteiger partial charge in [0.05, 0.1) is 0 Å². The van der Waals surface area contributed by atoms with Crippen LogP contribution >= 0.6 is 0 Å². The normalized spacial score (nSPS) is 27.8. The number of benzene rings is 1. The van der Waals surface area contributed by atoms with E-state index in [4.69, 9.17) is 5.73 Å². The number of alkyl halides is 7. The van der Waals surface area contributed by atoms with E-state index in [2.05, 4.69) is 0 Å². The van der Waals surface area contributed by atoms with Crippen LogP contribution in [0.25, 0.3) is 0 Å². The fourth-order valence-electron chi connectivity index (χ4n) is 4.11. The van der Waals surface area contributed by atoms with Gasteiger partial charge in [-0.3, -0.25) is 0 Å². The van der Waals surface area contributed by atoms with Crippen LogP contribution in [-0.4, -0.2) is 18.4 Å². The molecular formula is C16H16F7N. The number of nitrogens with two attached hydrogens (primary N) is 1. The quantitative estimate of drug-likeness (QED) is 0.724. The van der Waals surface area contributed by atoms with Crippen LogP contribution in [0.5, 0.6) is 0 Å². The average Bonchev–Trinajstić information content (AvgIpc) is 2.85. The summed E-state index contributed by atoms with van der Waals surface area (Å²) < 4.78 is 91.4. The molecule has 0 radical (unpaired) electrons. The molecule has 3 unspecified atom stereocenters. The molecular weight excluding hydrogens is 339 g/mol. The lowest BCUT2D eigenvalue weighted by molar-refractivity contribution is -0.348. The SMILES string of the molecule is NC1CCC2c3ccc(C(F)(C(F)(F)F)C(F)(F)F)cc3CCC12. The molecule has 3 atom stereocenters. The summed E-state index contributed by atoms with van der Waals surface area (Å²) in [6.07, 6.45) is -9.73. The highest BCUT2D eigenvalue weighted by molar-refractivity contribution is 5.41. The van der Waals surface area contributed by atoms with Gasteiger partial charge >= 0.3 is 18.0 Å². The standard InChI is InChI=1S/C16H16F7N/c17-14(15(18,19)20,16(21,22)23)9-2-4-10-8(7-9)1-3-12-11(10)5-6-13(12)24/h2,4,7,11-13H,1,3,5-6,24H2. The Morgan fingerprint density at radius 3 is 2.08 bits per heavy atom. The van der Waals surface area contributed by atoms with Crippen LogP contribution in [-0.2, 0) is 12.1 Å². The maximum Gasteiger partial charge on any atom is 0.435 e. The second-order valence-corrected chi connectivity index (χ2v) is 6.62. The zero-order chi connectivity index (χ0) is 17.9. The Labute approximate surface area is 134 Å². The highest BCUT2D eigenvalue weighted by atomic mass is 19.4. The van der Waals surface area contributed by atoms with Crippen molar-refractivity contribution >= 4 is 0 Å². The van der Waals surface area contributed by atoms with Gasteiger partial charge in [-0.15, -0.1) is 0 Å². The third kappa shape index (κ3) is 2.41. The molecule has 2 aliphatic carbocycles. The van der Waals surface area contributed by atoms with Crippen LogP contribution in [0.15, 0.2) is 18.2 Å². The molecule has 2 N–H and O–H groups in total. The van der Waals surface area contributed by atoms with Crippen molar-refractivity contribution in [3.8, 4) is 0 Å². The molecule has 134 valence electrons. The molecule has 24 heavy (non-hydrogen) atoms. The van der Waals surface area contributed by atoms with E-state index in [9.17, 15) is 30.7 Å². The van der Waals surface area contributed by atoms with Crippen LogP contribution < -0.4 is 5.73 Å². The summed E-state index contributed by atoms with van der Waals surface area (Å²) in [7, 11) is 0. The Kier molecular flexibility index (Phi) is 3.90. The first-order valence-corrected chi connectivity index (χ1v) is 7.68. The van der Waals surface area contributed by atoms with E-state index in [1.54, 1.807) is 0 Å². The highest BCUT2D eigenvalue weighted by Gasteiger charge is 2.73. The van der Waals surface area contributed by atoms with Gasteiger partial charge in [-0.1, -0.05) is 18.2 Å². The number of halogens is 7. The van der Waals surface area contributed by atoms with E-state index in [0.717, 1.165) is 18.9 Å². The van der Waals surface area contributed by atoms with Crippen molar-refractivity contribution in [2.45, 2.75) is 55.7 Å². The summed E-state index contributed by atoms with van der Waals surface area (Å²) in [5, 5.41) is 0. The molecule has 2 aliphatic rings. The van der Waals surface area contributed by atoms with Crippen LogP contribution in [0.1, 0.15) is 41.9 Å². The Bertz CT molecular complexity index is 620. The maximum atomic E-state index is 14.2. The lowest BCUT2D eigenvalue weighted by Gasteiger charge is -2.34. The average molecular weight is 355 g/mol. The van der Waals surface area contributed by atoms with E-state index in [1.807, 2.05) is 0 Å². The first-order chi connectivity index (χ1) is 11.0. The maximum absolute atomic E-state index is 14.2. The Hall–Kier alpha value is -1.31. The third-order valence-corrected chi connectivity index (χ3v) is 5.35. The molecule has 1 aromatic carbocycles. The van der Waals surface area contributed by atoms with E-state index in [-0.39, 0.29) is 17.9 Å². The van der Waals surface area contributed by atoms with Crippen molar-refractivity contribution in [3.05, 3.63) is 34.9 Å². The first-order valence-electron chi connectivity index (χ1n) is 7.68. The summed E-state index contributed by atoms with van der Waals surface area (Å²) in [5.41, 5.74) is 0.301. The van der Waals surface area contributed by atoms with Crippen molar-refractivity contribution in [1.82, 2.24) is 0 Å². The molecule has 0 saturated heterocycles. The van der Waals surface area contributed by atoms with Crippen LogP contribution in [0.4, 0.5) is 30.7 Å². The van der Waals surface area contributed by atoms with Gasteiger partial charge in [0.15, 0.2) is 0 Å². The second-order valence-electron chi connectivity index (χ2n) is 6.62. The van der Waals surface area contributed by atoms with Crippen molar-refractivity contribution in [1.29, 1.82) is 0 Å². The van der Waals surface area contributed by atoms with Crippen LogP contribution in [0.2, 0.25) is 0 Å². The van der Waals surface area contributed by atoms with Gasteiger partial charge in [-0.2, -0.15) is 26.3 Å². The smallest absolute Gasteiger partial charge is 0.327 e. The Balaban J connectivity index is 2.06. The molecule has 0 heterocycles. The fourth-order valence-corrected chi connectivity index (χ4v) is 4.11. The van der Waals surface area contributed by atoms with Crippen molar-refractivity contribution < 1.29 is 30.7 Å². The lowest BCUT2D eigenvalue weighted by atomic mass is 9.75. The number of rotatable bonds is 1. The van der Waals surface area contributed by atoms with E-state index in [0.29, 0.717) is 30.0 Å². The minimum atomic E-state index is -6.08. The van der Waals surface area contributed by atoms with E-state index < -0.39 is 23.6 Å². The topological polar surface area (TPSA) is 26.0 Å². The zero-order valence-electron chi connectivity index (χ0n) is 12.5. The number of fused-ring (bicyclic) bond motifs is 3. The predicted molar refractivity (Wildman–Crippen MR) is 73.1 cm³/mol. The van der Waals surface area contributed by atoms with Gasteiger partial charge in [-0.05, 0) is 48.6 Å². The fraction of sp³-hybridized carbons (Fsp3) is 0.625. The van der Waals surface area contributed by atoms with Crippen molar-refractivity contribution in [2.75, 3.05) is 0 Å². The minimum Gasteiger partial charge on any atom is -0.327 e. The molecule has 0 aliphatic heterocycles. The largest absolute Gasteiger partial charge is 0.435 e. The molecule has 8 heteroatoms. The highest BCUT2D eigenvalue weighted by Crippen LogP contribution is 2.54. The molecule has 0 amide bonds. The Morgan fingerprint density at radius 1 is 0.875 bits per heavy atom. The summed E-state index contributed by atoms with van der Waals surface area (Å²) in [6.45, 7) is 0.